The highest BCUT2D eigenvalue weighted by Crippen LogP contribution is 2.18. The maximum Gasteiger partial charge on any atom is 0.274 e. The fraction of sp³-hybridized carbons (Fsp3) is 0.400. The molecule has 3 aromatic heterocycles. The summed E-state index contributed by atoms with van der Waals surface area (Å²) in [5.41, 5.74) is 1.37. The van der Waals surface area contributed by atoms with E-state index >= 15 is 0 Å². The number of amides is 1. The third-order valence-corrected chi connectivity index (χ3v) is 4.51. The van der Waals surface area contributed by atoms with Gasteiger partial charge in [0.1, 0.15) is 5.82 Å². The van der Waals surface area contributed by atoms with Gasteiger partial charge in [-0.2, -0.15) is 9.50 Å². The number of hydrogen-bond acceptors (Lipinski definition) is 6. The Morgan fingerprint density at radius 2 is 2.12 bits per heavy atom. The number of fused-ring (bicyclic) bond motifs is 1. The van der Waals surface area contributed by atoms with Crippen LogP contribution in [0.2, 0.25) is 0 Å². The summed E-state index contributed by atoms with van der Waals surface area (Å²) in [7, 11) is 0. The number of carbonyl (C=O) groups is 1. The standard InChI is InChI=1S/C15H18N6O2S/c1-4-10-11(24-9(3)18-10)7-16-13(22)6-12-19-15-17-8(2)5-14(23)21(15)20-12/h5H,4,6-7H2,1-3H3,(H,16,22)(H,17,19,20). The Morgan fingerprint density at radius 3 is 2.88 bits per heavy atom. The van der Waals surface area contributed by atoms with Gasteiger partial charge in [-0.15, -0.1) is 11.3 Å². The third kappa shape index (κ3) is 3.35. The number of H-pyrrole nitrogens is 1. The molecule has 126 valence electrons. The smallest absolute Gasteiger partial charge is 0.274 e. The molecule has 9 heteroatoms. The van der Waals surface area contributed by atoms with Crippen molar-refractivity contribution >= 4 is 23.0 Å². The monoisotopic (exact) mass is 346 g/mol. The van der Waals surface area contributed by atoms with Gasteiger partial charge < -0.3 is 5.32 Å². The third-order valence-electron chi connectivity index (χ3n) is 3.50. The number of rotatable bonds is 5. The Bertz CT molecular complexity index is 955. The van der Waals surface area contributed by atoms with Gasteiger partial charge in [-0.05, 0) is 20.3 Å². The van der Waals surface area contributed by atoms with Crippen LogP contribution in [0, 0.1) is 13.8 Å². The second-order valence-corrected chi connectivity index (χ2v) is 6.74. The van der Waals surface area contributed by atoms with E-state index in [9.17, 15) is 9.59 Å². The molecule has 24 heavy (non-hydrogen) atoms. The molecule has 8 nitrogen and oxygen atoms in total. The molecule has 0 saturated heterocycles. The first-order chi connectivity index (χ1) is 11.5. The summed E-state index contributed by atoms with van der Waals surface area (Å²) < 4.78 is 1.23. The van der Waals surface area contributed by atoms with E-state index in [0.717, 1.165) is 22.0 Å². The van der Waals surface area contributed by atoms with Gasteiger partial charge in [-0.25, -0.2) is 9.97 Å². The van der Waals surface area contributed by atoms with Crippen molar-refractivity contribution in [2.75, 3.05) is 0 Å². The minimum atomic E-state index is -0.246. The first-order valence-electron chi connectivity index (χ1n) is 7.63. The number of hydrogen-bond donors (Lipinski definition) is 2. The van der Waals surface area contributed by atoms with Crippen molar-refractivity contribution < 1.29 is 4.79 Å². The van der Waals surface area contributed by atoms with E-state index in [1.165, 1.54) is 10.6 Å². The molecule has 0 aliphatic carbocycles. The van der Waals surface area contributed by atoms with Crippen LogP contribution in [-0.2, 0) is 24.2 Å². The van der Waals surface area contributed by atoms with Gasteiger partial charge in [0, 0.05) is 16.6 Å². The molecule has 0 saturated carbocycles. The Labute approximate surface area is 142 Å². The summed E-state index contributed by atoms with van der Waals surface area (Å²) in [5.74, 6) is 0.500. The number of nitrogens with one attached hydrogen (secondary N) is 2. The van der Waals surface area contributed by atoms with Crippen LogP contribution < -0.4 is 10.9 Å². The quantitative estimate of drug-likeness (QED) is 0.714. The van der Waals surface area contributed by atoms with Gasteiger partial charge in [-0.1, -0.05) is 6.92 Å². The molecule has 0 radical (unpaired) electrons. The Kier molecular flexibility index (Phi) is 4.43. The van der Waals surface area contributed by atoms with Gasteiger partial charge in [-0.3, -0.25) is 14.7 Å². The maximum absolute atomic E-state index is 12.1. The molecule has 3 heterocycles. The van der Waals surface area contributed by atoms with Crippen LogP contribution in [-0.4, -0.2) is 30.5 Å². The molecule has 0 aromatic carbocycles. The molecular weight excluding hydrogens is 328 g/mol. The summed E-state index contributed by atoms with van der Waals surface area (Å²) >= 11 is 1.59. The molecular formula is C15H18N6O2S. The first-order valence-corrected chi connectivity index (χ1v) is 8.45. The molecule has 2 N–H and O–H groups in total. The molecule has 0 atom stereocenters. The predicted molar refractivity (Wildman–Crippen MR) is 90.1 cm³/mol. The van der Waals surface area contributed by atoms with Crippen molar-refractivity contribution in [1.82, 2.24) is 29.9 Å². The average molecular weight is 346 g/mol. The van der Waals surface area contributed by atoms with Crippen LogP contribution in [0.3, 0.4) is 0 Å². The number of thiazole rings is 1. The lowest BCUT2D eigenvalue weighted by Gasteiger charge is -2.03. The van der Waals surface area contributed by atoms with Crippen LogP contribution in [0.1, 0.15) is 34.0 Å². The van der Waals surface area contributed by atoms with E-state index in [4.69, 9.17) is 0 Å². The SMILES string of the molecule is CCc1nc(C)sc1CNC(=O)Cc1nc2nc(C)cc(=O)n2[nH]1. The molecule has 0 bridgehead atoms. The number of aromatic nitrogens is 5. The molecule has 1 amide bonds. The molecule has 3 aromatic rings. The first kappa shape index (κ1) is 16.3. The van der Waals surface area contributed by atoms with Crippen LogP contribution >= 0.6 is 11.3 Å². The van der Waals surface area contributed by atoms with E-state index in [1.54, 1.807) is 18.3 Å². The maximum atomic E-state index is 12.1. The zero-order chi connectivity index (χ0) is 17.3. The minimum Gasteiger partial charge on any atom is -0.351 e. The average Bonchev–Trinajstić information content (AvgIpc) is 3.07. The summed E-state index contributed by atoms with van der Waals surface area (Å²) in [5, 5.41) is 6.67. The second kappa shape index (κ2) is 6.52. The summed E-state index contributed by atoms with van der Waals surface area (Å²) in [6.45, 7) is 6.17. The lowest BCUT2D eigenvalue weighted by atomic mass is 10.3. The molecule has 0 fully saturated rings. The Hall–Kier alpha value is -2.55. The van der Waals surface area contributed by atoms with Crippen molar-refractivity contribution in [2.45, 2.75) is 40.2 Å². The predicted octanol–water partition coefficient (Wildman–Crippen LogP) is 0.912. The highest BCUT2D eigenvalue weighted by molar-refractivity contribution is 7.11. The lowest BCUT2D eigenvalue weighted by Crippen LogP contribution is -2.25. The van der Waals surface area contributed by atoms with Gasteiger partial charge in [0.2, 0.25) is 5.91 Å². The van der Waals surface area contributed by atoms with E-state index in [1.807, 2.05) is 13.8 Å². The van der Waals surface area contributed by atoms with Crippen LogP contribution in [0.15, 0.2) is 10.9 Å². The minimum absolute atomic E-state index is 0.0566. The summed E-state index contributed by atoms with van der Waals surface area (Å²) in [6, 6.07) is 1.41. The fourth-order valence-electron chi connectivity index (χ4n) is 2.44. The van der Waals surface area contributed by atoms with Crippen LogP contribution in [0.5, 0.6) is 0 Å². The van der Waals surface area contributed by atoms with Crippen molar-refractivity contribution in [2.24, 2.45) is 0 Å². The zero-order valence-electron chi connectivity index (χ0n) is 13.7. The van der Waals surface area contributed by atoms with Crippen molar-refractivity contribution in [3.05, 3.63) is 43.5 Å². The van der Waals surface area contributed by atoms with Crippen molar-refractivity contribution in [3.63, 3.8) is 0 Å². The number of carbonyl (C=O) groups excluding carboxylic acids is 1. The summed E-state index contributed by atoms with van der Waals surface area (Å²) in [6.07, 6.45) is 0.897. The number of aromatic amines is 1. The van der Waals surface area contributed by atoms with E-state index in [2.05, 4.69) is 25.4 Å². The molecule has 0 aliphatic rings. The highest BCUT2D eigenvalue weighted by Gasteiger charge is 2.12. The number of aryl methyl sites for hydroxylation is 3. The van der Waals surface area contributed by atoms with Gasteiger partial charge in [0.25, 0.3) is 11.3 Å². The largest absolute Gasteiger partial charge is 0.351 e. The molecule has 3 rings (SSSR count). The van der Waals surface area contributed by atoms with Crippen molar-refractivity contribution in [1.29, 1.82) is 0 Å². The lowest BCUT2D eigenvalue weighted by molar-refractivity contribution is -0.120. The second-order valence-electron chi connectivity index (χ2n) is 5.45. The Morgan fingerprint density at radius 1 is 1.33 bits per heavy atom. The van der Waals surface area contributed by atoms with Crippen LogP contribution in [0.25, 0.3) is 5.78 Å². The molecule has 0 aliphatic heterocycles. The van der Waals surface area contributed by atoms with Crippen molar-refractivity contribution in [3.8, 4) is 0 Å². The number of nitrogens with zero attached hydrogens (tertiary/aromatic N) is 4. The van der Waals surface area contributed by atoms with Gasteiger partial charge >= 0.3 is 0 Å². The van der Waals surface area contributed by atoms with Gasteiger partial charge in [0.05, 0.1) is 23.7 Å². The zero-order valence-corrected chi connectivity index (χ0v) is 14.5. The Balaban J connectivity index is 1.69. The topological polar surface area (TPSA) is 105 Å². The summed E-state index contributed by atoms with van der Waals surface area (Å²) in [4.78, 5) is 37.8. The normalized spacial score (nSPS) is 11.1. The van der Waals surface area contributed by atoms with E-state index < -0.39 is 0 Å². The van der Waals surface area contributed by atoms with E-state index in [0.29, 0.717) is 18.1 Å². The van der Waals surface area contributed by atoms with Gasteiger partial charge in [0.15, 0.2) is 0 Å². The fourth-order valence-corrected chi connectivity index (χ4v) is 3.40. The van der Waals surface area contributed by atoms with E-state index in [-0.39, 0.29) is 23.7 Å². The van der Waals surface area contributed by atoms with Crippen LogP contribution in [0.4, 0.5) is 0 Å². The highest BCUT2D eigenvalue weighted by atomic mass is 32.1. The molecule has 0 spiro atoms. The molecule has 0 unspecified atom stereocenters.